The normalized spacial score (nSPS) is 8.05. The molecule has 0 atom stereocenters. The Morgan fingerprint density at radius 3 is 1.26 bits per heavy atom. The fraction of sp³-hybridized carbons (Fsp3) is 0.684. The Kier molecular flexibility index (Phi) is 24.2. The van der Waals surface area contributed by atoms with Crippen molar-refractivity contribution < 1.29 is 0 Å². The van der Waals surface area contributed by atoms with Gasteiger partial charge in [0.1, 0.15) is 0 Å². The van der Waals surface area contributed by atoms with E-state index in [-0.39, 0.29) is 14.9 Å². The average molecular weight is 269 g/mol. The van der Waals surface area contributed by atoms with Crippen LogP contribution in [0.5, 0.6) is 0 Å². The van der Waals surface area contributed by atoms with Crippen LogP contribution in [0.2, 0.25) is 0 Å². The van der Waals surface area contributed by atoms with Crippen LogP contribution in [-0.4, -0.2) is 0 Å². The van der Waals surface area contributed by atoms with Gasteiger partial charge in [-0.1, -0.05) is 92.1 Å². The van der Waals surface area contributed by atoms with Crippen molar-refractivity contribution in [3.63, 3.8) is 0 Å². The predicted octanol–water partition coefficient (Wildman–Crippen LogP) is 7.22. The molecule has 0 radical (unpaired) electrons. The lowest BCUT2D eigenvalue weighted by Gasteiger charge is -2.00. The van der Waals surface area contributed by atoms with Crippen molar-refractivity contribution in [3.8, 4) is 0 Å². The van der Waals surface area contributed by atoms with Gasteiger partial charge in [0.15, 0.2) is 0 Å². The summed E-state index contributed by atoms with van der Waals surface area (Å²) in [6.45, 7) is 17.2. The average Bonchev–Trinajstić information content (AvgIpc) is 2.16. The van der Waals surface area contributed by atoms with Crippen LogP contribution in [0.3, 0.4) is 0 Å². The smallest absolute Gasteiger partial charge is 0.0307 e. The number of benzene rings is 1. The summed E-state index contributed by atoms with van der Waals surface area (Å²) in [5, 5.41) is 0. The predicted molar refractivity (Wildman–Crippen MR) is 95.2 cm³/mol. The molecule has 0 bridgehead atoms. The molecule has 1 rings (SSSR count). The van der Waals surface area contributed by atoms with Crippen molar-refractivity contribution in [1.82, 2.24) is 0 Å². The van der Waals surface area contributed by atoms with E-state index in [1.54, 1.807) is 0 Å². The van der Waals surface area contributed by atoms with E-state index in [0.29, 0.717) is 0 Å². The van der Waals surface area contributed by atoms with Crippen molar-refractivity contribution in [3.05, 3.63) is 34.9 Å². The summed E-state index contributed by atoms with van der Waals surface area (Å²) in [4.78, 5) is 0. The van der Waals surface area contributed by atoms with Crippen molar-refractivity contribution in [2.24, 2.45) is 5.92 Å². The summed E-state index contributed by atoms with van der Waals surface area (Å²) in [7, 11) is 0. The lowest BCUT2D eigenvalue weighted by molar-refractivity contribution is 0.737. The minimum Gasteiger partial charge on any atom is -0.0776 e. The second-order valence-corrected chi connectivity index (χ2v) is 5.29. The Morgan fingerprint density at radius 2 is 1.05 bits per heavy atom. The molecule has 0 unspecified atom stereocenters. The van der Waals surface area contributed by atoms with Crippen molar-refractivity contribution in [1.29, 1.82) is 0 Å². The summed E-state index contributed by atoms with van der Waals surface area (Å²) < 4.78 is 0. The molecule has 0 N–H and O–H groups in total. The van der Waals surface area contributed by atoms with E-state index in [1.807, 2.05) is 0 Å². The molecule has 116 valence electrons. The SMILES string of the molecule is C.C.CC(C)C.CCC.CCc1cc(C)cc(C)c1. The molecule has 1 aromatic rings. The van der Waals surface area contributed by atoms with E-state index in [4.69, 9.17) is 0 Å². The van der Waals surface area contributed by atoms with Gasteiger partial charge in [0.2, 0.25) is 0 Å². The van der Waals surface area contributed by atoms with Crippen LogP contribution in [0.1, 0.15) is 79.5 Å². The van der Waals surface area contributed by atoms with Crippen LogP contribution in [0.15, 0.2) is 18.2 Å². The Balaban J connectivity index is -0.000000108. The Bertz CT molecular complexity index is 248. The van der Waals surface area contributed by atoms with E-state index in [0.717, 1.165) is 12.3 Å². The van der Waals surface area contributed by atoms with Gasteiger partial charge in [-0.3, -0.25) is 0 Å². The van der Waals surface area contributed by atoms with Crippen LogP contribution < -0.4 is 0 Å². The van der Waals surface area contributed by atoms with E-state index in [1.165, 1.54) is 23.1 Å². The van der Waals surface area contributed by atoms with Crippen LogP contribution in [-0.2, 0) is 6.42 Å². The molecule has 0 saturated carbocycles. The molecule has 19 heavy (non-hydrogen) atoms. The van der Waals surface area contributed by atoms with Crippen molar-refractivity contribution in [2.45, 2.75) is 83.1 Å². The first-order valence-electron chi connectivity index (χ1n) is 6.94. The summed E-state index contributed by atoms with van der Waals surface area (Å²) in [6.07, 6.45) is 2.39. The lowest BCUT2D eigenvalue weighted by atomic mass is 10.1. The van der Waals surface area contributed by atoms with Gasteiger partial charge in [-0.25, -0.2) is 0 Å². The maximum atomic E-state index is 2.24. The Labute approximate surface area is 124 Å². The van der Waals surface area contributed by atoms with Crippen LogP contribution in [0.4, 0.5) is 0 Å². The van der Waals surface area contributed by atoms with Crippen molar-refractivity contribution in [2.75, 3.05) is 0 Å². The van der Waals surface area contributed by atoms with E-state index < -0.39 is 0 Å². The number of rotatable bonds is 1. The minimum absolute atomic E-state index is 0. The maximum absolute atomic E-state index is 2.24. The van der Waals surface area contributed by atoms with Gasteiger partial charge in [0.05, 0.1) is 0 Å². The molecule has 0 amide bonds. The highest BCUT2D eigenvalue weighted by molar-refractivity contribution is 5.28. The largest absolute Gasteiger partial charge is 0.0776 e. The van der Waals surface area contributed by atoms with Crippen LogP contribution in [0, 0.1) is 19.8 Å². The first-order chi connectivity index (χ1) is 7.87. The maximum Gasteiger partial charge on any atom is -0.0307 e. The molecule has 0 heteroatoms. The van der Waals surface area contributed by atoms with Gasteiger partial charge in [0, 0.05) is 0 Å². The third-order valence-corrected chi connectivity index (χ3v) is 1.69. The molecular formula is C19H40. The fourth-order valence-corrected chi connectivity index (χ4v) is 1.27. The first kappa shape index (κ1) is 26.7. The van der Waals surface area contributed by atoms with Crippen LogP contribution in [0.25, 0.3) is 0 Å². The van der Waals surface area contributed by atoms with Gasteiger partial charge >= 0.3 is 0 Å². The van der Waals surface area contributed by atoms with E-state index in [2.05, 4.69) is 73.6 Å². The second kappa shape index (κ2) is 17.2. The van der Waals surface area contributed by atoms with Crippen molar-refractivity contribution >= 4 is 0 Å². The monoisotopic (exact) mass is 268 g/mol. The third-order valence-electron chi connectivity index (χ3n) is 1.69. The molecule has 0 aliphatic heterocycles. The highest BCUT2D eigenvalue weighted by Gasteiger charge is 1.91. The highest BCUT2D eigenvalue weighted by Crippen LogP contribution is 2.08. The van der Waals surface area contributed by atoms with Gasteiger partial charge < -0.3 is 0 Å². The molecule has 0 aliphatic rings. The summed E-state index contributed by atoms with van der Waals surface area (Å²) in [6, 6.07) is 6.69. The van der Waals surface area contributed by atoms with Crippen LogP contribution >= 0.6 is 0 Å². The first-order valence-corrected chi connectivity index (χ1v) is 6.94. The topological polar surface area (TPSA) is 0 Å². The van der Waals surface area contributed by atoms with Gasteiger partial charge in [-0.2, -0.15) is 0 Å². The fourth-order valence-electron chi connectivity index (χ4n) is 1.27. The zero-order valence-electron chi connectivity index (χ0n) is 13.2. The highest BCUT2D eigenvalue weighted by atomic mass is 14.0. The molecule has 0 aromatic heterocycles. The summed E-state index contributed by atoms with van der Waals surface area (Å²) in [5.41, 5.74) is 4.19. The molecule has 0 heterocycles. The second-order valence-electron chi connectivity index (χ2n) is 5.29. The number of hydrogen-bond acceptors (Lipinski definition) is 0. The minimum atomic E-state index is 0. The number of hydrogen-bond donors (Lipinski definition) is 0. The standard InChI is InChI=1S/C10H14.C4H10.C3H8.2CH4/c1-4-10-6-8(2)5-9(3)7-10;1-4(2)3;1-3-2;;/h5-7H,4H2,1-3H3;4H,1-3H3;3H2,1-2H3;2*1H4. The summed E-state index contributed by atoms with van der Waals surface area (Å²) >= 11 is 0. The Morgan fingerprint density at radius 1 is 0.789 bits per heavy atom. The summed E-state index contributed by atoms with van der Waals surface area (Å²) in [5.74, 6) is 0.833. The molecule has 0 spiro atoms. The molecule has 0 aliphatic carbocycles. The molecular weight excluding hydrogens is 228 g/mol. The van der Waals surface area contributed by atoms with Gasteiger partial charge in [-0.15, -0.1) is 0 Å². The third kappa shape index (κ3) is 22.8. The number of aryl methyl sites for hydroxylation is 3. The molecule has 0 nitrogen and oxygen atoms in total. The molecule has 1 aromatic carbocycles. The van der Waals surface area contributed by atoms with E-state index >= 15 is 0 Å². The van der Waals surface area contributed by atoms with Gasteiger partial charge in [0.25, 0.3) is 0 Å². The Hall–Kier alpha value is -0.780. The zero-order chi connectivity index (χ0) is 13.8. The molecule has 0 saturated heterocycles. The van der Waals surface area contributed by atoms with Gasteiger partial charge in [-0.05, 0) is 31.7 Å². The molecule has 0 fully saturated rings. The lowest BCUT2D eigenvalue weighted by Crippen LogP contribution is -1.83. The zero-order valence-corrected chi connectivity index (χ0v) is 13.2. The quantitative estimate of drug-likeness (QED) is 0.504. The van der Waals surface area contributed by atoms with E-state index in [9.17, 15) is 0 Å².